The minimum atomic E-state index is -0.106. The fourth-order valence-corrected chi connectivity index (χ4v) is 2.59. The summed E-state index contributed by atoms with van der Waals surface area (Å²) in [5.41, 5.74) is 4.52. The lowest BCUT2D eigenvalue weighted by atomic mass is 10.1. The first kappa shape index (κ1) is 15.1. The Balaban J connectivity index is 1.63. The Kier molecular flexibility index (Phi) is 4.02. The van der Waals surface area contributed by atoms with Gasteiger partial charge in [0, 0.05) is 37.6 Å². The Morgan fingerprint density at radius 2 is 1.91 bits per heavy atom. The van der Waals surface area contributed by atoms with Crippen molar-refractivity contribution in [2.24, 2.45) is 0 Å². The molecule has 0 unspecified atom stereocenters. The number of fused-ring (bicyclic) bond motifs is 1. The van der Waals surface area contributed by atoms with E-state index in [4.69, 9.17) is 0 Å². The van der Waals surface area contributed by atoms with E-state index in [0.29, 0.717) is 18.5 Å². The summed E-state index contributed by atoms with van der Waals surface area (Å²) in [6.07, 6.45) is 0.406. The number of anilines is 2. The van der Waals surface area contributed by atoms with Gasteiger partial charge in [-0.05, 0) is 41.5 Å². The molecule has 0 spiro atoms. The van der Waals surface area contributed by atoms with Crippen LogP contribution in [0.2, 0.25) is 0 Å². The molecule has 0 saturated carbocycles. The SMILES string of the molecule is CN(C)c1ccc(C(=O)NCc2ccc3c(c2)CC(=O)N3)cc1. The van der Waals surface area contributed by atoms with Crippen LogP contribution in [0.1, 0.15) is 21.5 Å². The lowest BCUT2D eigenvalue weighted by Crippen LogP contribution is -2.22. The molecule has 2 aromatic rings. The van der Waals surface area contributed by atoms with Gasteiger partial charge in [0.1, 0.15) is 0 Å². The van der Waals surface area contributed by atoms with Gasteiger partial charge in [-0.2, -0.15) is 0 Å². The molecule has 0 saturated heterocycles. The molecule has 5 heteroatoms. The fraction of sp³-hybridized carbons (Fsp3) is 0.222. The van der Waals surface area contributed by atoms with E-state index in [9.17, 15) is 9.59 Å². The van der Waals surface area contributed by atoms with Crippen molar-refractivity contribution in [3.05, 3.63) is 59.2 Å². The average Bonchev–Trinajstić information content (AvgIpc) is 2.92. The van der Waals surface area contributed by atoms with Crippen molar-refractivity contribution in [1.82, 2.24) is 5.32 Å². The van der Waals surface area contributed by atoms with E-state index in [1.807, 2.05) is 61.5 Å². The topological polar surface area (TPSA) is 61.4 Å². The smallest absolute Gasteiger partial charge is 0.251 e. The predicted molar refractivity (Wildman–Crippen MR) is 90.7 cm³/mol. The van der Waals surface area contributed by atoms with Crippen molar-refractivity contribution in [1.29, 1.82) is 0 Å². The third-order valence-corrected chi connectivity index (χ3v) is 3.89. The van der Waals surface area contributed by atoms with Crippen LogP contribution < -0.4 is 15.5 Å². The summed E-state index contributed by atoms with van der Waals surface area (Å²) in [5.74, 6) is -0.0906. The number of carbonyl (C=O) groups excluding carboxylic acids is 2. The molecule has 0 bridgehead atoms. The molecule has 5 nitrogen and oxygen atoms in total. The third-order valence-electron chi connectivity index (χ3n) is 3.89. The number of hydrogen-bond donors (Lipinski definition) is 2. The second-order valence-corrected chi connectivity index (χ2v) is 5.84. The largest absolute Gasteiger partial charge is 0.378 e. The van der Waals surface area contributed by atoms with E-state index < -0.39 is 0 Å². The molecular formula is C18H19N3O2. The van der Waals surface area contributed by atoms with Crippen LogP contribution in [-0.4, -0.2) is 25.9 Å². The number of benzene rings is 2. The molecule has 23 heavy (non-hydrogen) atoms. The van der Waals surface area contributed by atoms with Crippen molar-refractivity contribution >= 4 is 23.2 Å². The molecule has 0 fully saturated rings. The van der Waals surface area contributed by atoms with Crippen LogP contribution >= 0.6 is 0 Å². The zero-order chi connectivity index (χ0) is 16.4. The molecule has 0 radical (unpaired) electrons. The molecule has 1 aliphatic rings. The highest BCUT2D eigenvalue weighted by Gasteiger charge is 2.17. The molecule has 0 aromatic heterocycles. The molecule has 1 heterocycles. The number of rotatable bonds is 4. The molecule has 0 aliphatic carbocycles. The van der Waals surface area contributed by atoms with Crippen molar-refractivity contribution < 1.29 is 9.59 Å². The van der Waals surface area contributed by atoms with Crippen molar-refractivity contribution in [2.45, 2.75) is 13.0 Å². The normalized spacial score (nSPS) is 12.5. The number of nitrogens with one attached hydrogen (secondary N) is 2. The van der Waals surface area contributed by atoms with E-state index in [-0.39, 0.29) is 11.8 Å². The molecule has 118 valence electrons. The third kappa shape index (κ3) is 3.34. The lowest BCUT2D eigenvalue weighted by molar-refractivity contribution is -0.115. The second-order valence-electron chi connectivity index (χ2n) is 5.84. The highest BCUT2D eigenvalue weighted by molar-refractivity contribution is 5.99. The second kappa shape index (κ2) is 6.12. The first-order valence-electron chi connectivity index (χ1n) is 7.50. The summed E-state index contributed by atoms with van der Waals surface area (Å²) < 4.78 is 0. The number of nitrogens with zero attached hydrogens (tertiary/aromatic N) is 1. The van der Waals surface area contributed by atoms with E-state index in [2.05, 4.69) is 10.6 Å². The zero-order valence-corrected chi connectivity index (χ0v) is 13.2. The molecule has 0 atom stereocenters. The van der Waals surface area contributed by atoms with Crippen LogP contribution in [0.15, 0.2) is 42.5 Å². The van der Waals surface area contributed by atoms with Gasteiger partial charge in [-0.25, -0.2) is 0 Å². The van der Waals surface area contributed by atoms with Gasteiger partial charge in [-0.15, -0.1) is 0 Å². The van der Waals surface area contributed by atoms with Crippen LogP contribution in [0.25, 0.3) is 0 Å². The Morgan fingerprint density at radius 3 is 2.61 bits per heavy atom. The lowest BCUT2D eigenvalue weighted by Gasteiger charge is -2.12. The van der Waals surface area contributed by atoms with Gasteiger partial charge in [0.2, 0.25) is 5.91 Å². The zero-order valence-electron chi connectivity index (χ0n) is 13.2. The Bertz CT molecular complexity index is 751. The average molecular weight is 309 g/mol. The first-order chi connectivity index (χ1) is 11.0. The van der Waals surface area contributed by atoms with Crippen molar-refractivity contribution in [2.75, 3.05) is 24.3 Å². The monoisotopic (exact) mass is 309 g/mol. The minimum absolute atomic E-state index is 0.0159. The van der Waals surface area contributed by atoms with Gasteiger partial charge >= 0.3 is 0 Å². The highest BCUT2D eigenvalue weighted by atomic mass is 16.2. The number of amides is 2. The van der Waals surface area contributed by atoms with Gasteiger partial charge in [0.05, 0.1) is 6.42 Å². The maximum absolute atomic E-state index is 12.2. The van der Waals surface area contributed by atoms with Crippen molar-refractivity contribution in [3.63, 3.8) is 0 Å². The summed E-state index contributed by atoms with van der Waals surface area (Å²) in [6, 6.07) is 13.2. The van der Waals surface area contributed by atoms with Gasteiger partial charge in [0.25, 0.3) is 5.91 Å². The summed E-state index contributed by atoms with van der Waals surface area (Å²) >= 11 is 0. The Labute approximate surface area is 135 Å². The summed E-state index contributed by atoms with van der Waals surface area (Å²) in [5, 5.41) is 5.71. The first-order valence-corrected chi connectivity index (χ1v) is 7.50. The van der Waals surface area contributed by atoms with Crippen LogP contribution in [-0.2, 0) is 17.8 Å². The van der Waals surface area contributed by atoms with E-state index in [1.165, 1.54) is 0 Å². The van der Waals surface area contributed by atoms with Crippen LogP contribution in [0.4, 0.5) is 11.4 Å². The predicted octanol–water partition coefficient (Wildman–Crippen LogP) is 2.18. The van der Waals surface area contributed by atoms with Gasteiger partial charge in [-0.1, -0.05) is 12.1 Å². The van der Waals surface area contributed by atoms with Crippen LogP contribution in [0.5, 0.6) is 0 Å². The highest BCUT2D eigenvalue weighted by Crippen LogP contribution is 2.23. The number of carbonyl (C=O) groups is 2. The quantitative estimate of drug-likeness (QED) is 0.910. The van der Waals surface area contributed by atoms with E-state index >= 15 is 0 Å². The Morgan fingerprint density at radius 1 is 1.17 bits per heavy atom. The molecule has 2 N–H and O–H groups in total. The Hall–Kier alpha value is -2.82. The van der Waals surface area contributed by atoms with Gasteiger partial charge in [-0.3, -0.25) is 9.59 Å². The molecule has 2 amide bonds. The minimum Gasteiger partial charge on any atom is -0.378 e. The summed E-state index contributed by atoms with van der Waals surface area (Å²) in [6.45, 7) is 0.440. The maximum Gasteiger partial charge on any atom is 0.251 e. The fourth-order valence-electron chi connectivity index (χ4n) is 2.59. The van der Waals surface area contributed by atoms with Crippen LogP contribution in [0.3, 0.4) is 0 Å². The van der Waals surface area contributed by atoms with Gasteiger partial charge in [0.15, 0.2) is 0 Å². The molecular weight excluding hydrogens is 290 g/mol. The van der Waals surface area contributed by atoms with Crippen LogP contribution in [0, 0.1) is 0 Å². The number of hydrogen-bond acceptors (Lipinski definition) is 3. The van der Waals surface area contributed by atoms with Crippen molar-refractivity contribution in [3.8, 4) is 0 Å². The molecule has 1 aliphatic heterocycles. The summed E-state index contributed by atoms with van der Waals surface area (Å²) in [4.78, 5) is 25.5. The maximum atomic E-state index is 12.2. The van der Waals surface area contributed by atoms with Gasteiger partial charge < -0.3 is 15.5 Å². The standard InChI is InChI=1S/C18H19N3O2/c1-21(2)15-6-4-13(5-7-15)18(23)19-11-12-3-8-16-14(9-12)10-17(22)20-16/h3-9H,10-11H2,1-2H3,(H,19,23)(H,20,22). The van der Waals surface area contributed by atoms with E-state index in [1.54, 1.807) is 0 Å². The molecule has 3 rings (SSSR count). The van der Waals surface area contributed by atoms with E-state index in [0.717, 1.165) is 22.5 Å². The summed E-state index contributed by atoms with van der Waals surface area (Å²) in [7, 11) is 3.92. The molecule has 2 aromatic carbocycles.